The van der Waals surface area contributed by atoms with E-state index in [0.29, 0.717) is 0 Å². The molecule has 0 bridgehead atoms. The van der Waals surface area contributed by atoms with Gasteiger partial charge in [0.1, 0.15) is 5.82 Å². The number of benzene rings is 1. The first-order valence-electron chi connectivity index (χ1n) is 6.68. The molecule has 0 aliphatic rings. The molecule has 0 atom stereocenters. The molecule has 1 aromatic carbocycles. The maximum absolute atomic E-state index is 4.85. The van der Waals surface area contributed by atoms with E-state index >= 15 is 0 Å². The number of rotatable bonds is 2. The third-order valence-corrected chi connectivity index (χ3v) is 4.19. The topological polar surface area (TPSA) is 24.9 Å². The van der Waals surface area contributed by atoms with Crippen LogP contribution in [0.5, 0.6) is 0 Å². The third kappa shape index (κ3) is 2.76. The monoisotopic (exact) mass is 320 g/mol. The van der Waals surface area contributed by atoms with Crippen molar-refractivity contribution in [3.8, 4) is 0 Å². The predicted octanol–water partition coefficient (Wildman–Crippen LogP) is 5.04. The van der Waals surface area contributed by atoms with E-state index < -0.39 is 0 Å². The van der Waals surface area contributed by atoms with Gasteiger partial charge < -0.3 is 5.32 Å². The minimum atomic E-state index is 0.0830. The van der Waals surface area contributed by atoms with Gasteiger partial charge >= 0.3 is 0 Å². The maximum Gasteiger partial charge on any atom is 0.130 e. The van der Waals surface area contributed by atoms with E-state index in [-0.39, 0.29) is 5.41 Å². The summed E-state index contributed by atoms with van der Waals surface area (Å²) in [5, 5.41) is 4.60. The number of halogens is 1. The van der Waals surface area contributed by atoms with Crippen LogP contribution in [0, 0.1) is 6.92 Å². The van der Waals surface area contributed by atoms with E-state index in [2.05, 4.69) is 74.1 Å². The molecule has 0 saturated carbocycles. The van der Waals surface area contributed by atoms with Crippen molar-refractivity contribution >= 4 is 32.7 Å². The van der Waals surface area contributed by atoms with Gasteiger partial charge in [-0.3, -0.25) is 0 Å². The summed E-state index contributed by atoms with van der Waals surface area (Å²) >= 11 is 3.58. The number of hydrogen-bond donors (Lipinski definition) is 1. The van der Waals surface area contributed by atoms with Gasteiger partial charge in [0.05, 0.1) is 5.52 Å². The number of nitrogens with zero attached hydrogens (tertiary/aromatic N) is 1. The van der Waals surface area contributed by atoms with Crippen LogP contribution in [-0.2, 0) is 5.41 Å². The van der Waals surface area contributed by atoms with Crippen molar-refractivity contribution in [3.05, 3.63) is 33.8 Å². The van der Waals surface area contributed by atoms with Gasteiger partial charge in [-0.25, -0.2) is 4.98 Å². The maximum atomic E-state index is 4.85. The van der Waals surface area contributed by atoms with Crippen LogP contribution in [0.3, 0.4) is 0 Å². The van der Waals surface area contributed by atoms with Gasteiger partial charge in [0.25, 0.3) is 0 Å². The number of pyridine rings is 1. The molecular weight excluding hydrogens is 300 g/mol. The first kappa shape index (κ1) is 14.3. The van der Waals surface area contributed by atoms with Gasteiger partial charge in [-0.1, -0.05) is 42.8 Å². The van der Waals surface area contributed by atoms with Crippen molar-refractivity contribution < 1.29 is 0 Å². The van der Waals surface area contributed by atoms with Gasteiger partial charge in [-0.05, 0) is 37.0 Å². The normalized spacial score (nSPS) is 11.9. The smallest absolute Gasteiger partial charge is 0.130 e. The lowest BCUT2D eigenvalue weighted by Gasteiger charge is -2.23. The number of anilines is 1. The molecule has 1 N–H and O–H groups in total. The van der Waals surface area contributed by atoms with Crippen LogP contribution in [0.1, 0.15) is 38.8 Å². The zero-order valence-electron chi connectivity index (χ0n) is 12.3. The number of hydrogen-bond acceptors (Lipinski definition) is 2. The average Bonchev–Trinajstić information content (AvgIpc) is 2.33. The predicted molar refractivity (Wildman–Crippen MR) is 87.0 cm³/mol. The van der Waals surface area contributed by atoms with Crippen LogP contribution in [0.4, 0.5) is 5.82 Å². The van der Waals surface area contributed by atoms with E-state index in [0.717, 1.165) is 22.4 Å². The molecule has 0 fully saturated rings. The molecule has 0 saturated heterocycles. The van der Waals surface area contributed by atoms with Gasteiger partial charge in [-0.15, -0.1) is 0 Å². The first-order chi connectivity index (χ1) is 8.84. The lowest BCUT2D eigenvalue weighted by Crippen LogP contribution is -2.16. The number of aromatic nitrogens is 1. The van der Waals surface area contributed by atoms with E-state index in [9.17, 15) is 0 Å². The molecule has 0 amide bonds. The highest BCUT2D eigenvalue weighted by molar-refractivity contribution is 9.10. The Morgan fingerprint density at radius 2 is 1.95 bits per heavy atom. The lowest BCUT2D eigenvalue weighted by molar-refractivity contribution is 0.590. The fourth-order valence-corrected chi connectivity index (χ4v) is 2.55. The number of nitrogens with one attached hydrogen (secondary N) is 1. The highest BCUT2D eigenvalue weighted by atomic mass is 79.9. The summed E-state index contributed by atoms with van der Waals surface area (Å²) in [6, 6.07) is 6.49. The molecule has 2 aromatic rings. The standard InChI is InChI=1S/C16H21BrN2/c1-6-18-15-12(16(3,4)5)9-11-7-8-13(17)10(2)14(11)19-15/h7-9H,6H2,1-5H3,(H,18,19). The molecule has 1 aromatic heterocycles. The Bertz CT molecular complexity index is 612. The molecular formula is C16H21BrN2. The van der Waals surface area contributed by atoms with E-state index in [1.165, 1.54) is 16.5 Å². The van der Waals surface area contributed by atoms with E-state index in [4.69, 9.17) is 4.98 Å². The third-order valence-electron chi connectivity index (χ3n) is 3.33. The Kier molecular flexibility index (Phi) is 3.86. The second kappa shape index (κ2) is 5.12. The van der Waals surface area contributed by atoms with Crippen molar-refractivity contribution in [2.45, 2.75) is 40.0 Å². The van der Waals surface area contributed by atoms with Gasteiger partial charge in [0.15, 0.2) is 0 Å². The second-order valence-electron chi connectivity index (χ2n) is 5.91. The van der Waals surface area contributed by atoms with Crippen molar-refractivity contribution in [1.29, 1.82) is 0 Å². The summed E-state index contributed by atoms with van der Waals surface area (Å²) in [6.45, 7) is 11.8. The van der Waals surface area contributed by atoms with Gasteiger partial charge in [-0.2, -0.15) is 0 Å². The average molecular weight is 321 g/mol. The Hall–Kier alpha value is -1.09. The van der Waals surface area contributed by atoms with Crippen molar-refractivity contribution in [1.82, 2.24) is 4.98 Å². The minimum absolute atomic E-state index is 0.0830. The number of fused-ring (bicyclic) bond motifs is 1. The summed E-state index contributed by atoms with van der Waals surface area (Å²) in [6.07, 6.45) is 0. The molecule has 102 valence electrons. The molecule has 19 heavy (non-hydrogen) atoms. The first-order valence-corrected chi connectivity index (χ1v) is 7.48. The van der Waals surface area contributed by atoms with Crippen molar-refractivity contribution in [3.63, 3.8) is 0 Å². The summed E-state index contributed by atoms with van der Waals surface area (Å²) in [4.78, 5) is 4.85. The Labute approximate surface area is 123 Å². The SMILES string of the molecule is CCNc1nc2c(C)c(Br)ccc2cc1C(C)(C)C. The quantitative estimate of drug-likeness (QED) is 0.838. The van der Waals surface area contributed by atoms with Gasteiger partial charge in [0, 0.05) is 22.0 Å². The molecule has 0 aliphatic heterocycles. The zero-order valence-corrected chi connectivity index (χ0v) is 13.9. The summed E-state index contributed by atoms with van der Waals surface area (Å²) in [5.41, 5.74) is 3.61. The molecule has 3 heteroatoms. The Balaban J connectivity index is 2.76. The Morgan fingerprint density at radius 1 is 1.26 bits per heavy atom. The van der Waals surface area contributed by atoms with Crippen LogP contribution < -0.4 is 5.32 Å². The highest BCUT2D eigenvalue weighted by Crippen LogP contribution is 2.33. The van der Waals surface area contributed by atoms with Crippen molar-refractivity contribution in [2.75, 3.05) is 11.9 Å². The molecule has 0 radical (unpaired) electrons. The number of aryl methyl sites for hydroxylation is 1. The minimum Gasteiger partial charge on any atom is -0.370 e. The molecule has 2 rings (SSSR count). The summed E-state index contributed by atoms with van der Waals surface area (Å²) in [7, 11) is 0. The highest BCUT2D eigenvalue weighted by Gasteiger charge is 2.20. The molecule has 0 spiro atoms. The van der Waals surface area contributed by atoms with E-state index in [1.54, 1.807) is 0 Å². The largest absolute Gasteiger partial charge is 0.370 e. The fraction of sp³-hybridized carbons (Fsp3) is 0.438. The van der Waals surface area contributed by atoms with Crippen LogP contribution in [-0.4, -0.2) is 11.5 Å². The fourth-order valence-electron chi connectivity index (χ4n) is 2.23. The lowest BCUT2D eigenvalue weighted by atomic mass is 9.86. The van der Waals surface area contributed by atoms with Gasteiger partial charge in [0.2, 0.25) is 0 Å². The van der Waals surface area contributed by atoms with Crippen LogP contribution in [0.25, 0.3) is 10.9 Å². The molecule has 0 aliphatic carbocycles. The zero-order chi connectivity index (χ0) is 14.2. The van der Waals surface area contributed by atoms with Crippen LogP contribution in [0.2, 0.25) is 0 Å². The summed E-state index contributed by atoms with van der Waals surface area (Å²) < 4.78 is 1.11. The van der Waals surface area contributed by atoms with E-state index in [1.807, 2.05) is 0 Å². The molecule has 1 heterocycles. The molecule has 0 unspecified atom stereocenters. The molecule has 2 nitrogen and oxygen atoms in total. The summed E-state index contributed by atoms with van der Waals surface area (Å²) in [5.74, 6) is 1.00. The van der Waals surface area contributed by atoms with Crippen LogP contribution >= 0.6 is 15.9 Å². The second-order valence-corrected chi connectivity index (χ2v) is 6.76. The Morgan fingerprint density at radius 3 is 2.53 bits per heavy atom. The van der Waals surface area contributed by atoms with Crippen molar-refractivity contribution in [2.24, 2.45) is 0 Å². The van der Waals surface area contributed by atoms with Crippen LogP contribution in [0.15, 0.2) is 22.7 Å².